The van der Waals surface area contributed by atoms with Crippen molar-refractivity contribution in [2.45, 2.75) is 38.9 Å². The van der Waals surface area contributed by atoms with E-state index in [0.29, 0.717) is 0 Å². The molecule has 1 aliphatic heterocycles. The highest BCUT2D eigenvalue weighted by molar-refractivity contribution is 6.61. The van der Waals surface area contributed by atoms with Crippen LogP contribution in [0.25, 0.3) is 5.69 Å². The SMILES string of the molecule is CC1(C)OB(c2cnnn2-c2ccccc2)OC1(C)C. The molecule has 0 saturated carbocycles. The molecule has 5 nitrogen and oxygen atoms in total. The first kappa shape index (κ1) is 13.3. The molecule has 104 valence electrons. The Labute approximate surface area is 119 Å². The summed E-state index contributed by atoms with van der Waals surface area (Å²) in [5.74, 6) is 0. The number of nitrogens with zero attached hydrogens (tertiary/aromatic N) is 3. The molecule has 1 aromatic carbocycles. The van der Waals surface area contributed by atoms with Crippen molar-refractivity contribution in [3.05, 3.63) is 36.5 Å². The van der Waals surface area contributed by atoms with Crippen molar-refractivity contribution < 1.29 is 9.31 Å². The molecule has 20 heavy (non-hydrogen) atoms. The van der Waals surface area contributed by atoms with Crippen molar-refractivity contribution in [1.82, 2.24) is 15.0 Å². The average Bonchev–Trinajstić information content (AvgIpc) is 2.94. The van der Waals surface area contributed by atoms with E-state index >= 15 is 0 Å². The van der Waals surface area contributed by atoms with Gasteiger partial charge in [0, 0.05) is 0 Å². The van der Waals surface area contributed by atoms with Crippen LogP contribution in [0.15, 0.2) is 36.5 Å². The molecular weight excluding hydrogens is 253 g/mol. The topological polar surface area (TPSA) is 49.2 Å². The molecule has 2 heterocycles. The fourth-order valence-electron chi connectivity index (χ4n) is 2.14. The van der Waals surface area contributed by atoms with Gasteiger partial charge in [0.05, 0.1) is 28.7 Å². The Morgan fingerprint density at radius 2 is 1.60 bits per heavy atom. The fourth-order valence-corrected chi connectivity index (χ4v) is 2.14. The molecule has 1 fully saturated rings. The summed E-state index contributed by atoms with van der Waals surface area (Å²) in [7, 11) is -0.463. The van der Waals surface area contributed by atoms with Gasteiger partial charge in [-0.05, 0) is 39.8 Å². The summed E-state index contributed by atoms with van der Waals surface area (Å²) in [6.07, 6.45) is 1.69. The maximum atomic E-state index is 6.05. The van der Waals surface area contributed by atoms with Crippen LogP contribution in [0, 0.1) is 0 Å². The zero-order chi connectivity index (χ0) is 14.4. The fraction of sp³-hybridized carbons (Fsp3) is 0.429. The summed E-state index contributed by atoms with van der Waals surface area (Å²) < 4.78 is 13.8. The maximum Gasteiger partial charge on any atom is 0.516 e. The van der Waals surface area contributed by atoms with Gasteiger partial charge in [-0.15, -0.1) is 5.10 Å². The molecule has 0 N–H and O–H groups in total. The van der Waals surface area contributed by atoms with Gasteiger partial charge in [-0.2, -0.15) is 0 Å². The predicted octanol–water partition coefficient (Wildman–Crippen LogP) is 1.57. The van der Waals surface area contributed by atoms with Crippen LogP contribution in [0.1, 0.15) is 27.7 Å². The number of aromatic nitrogens is 3. The minimum Gasteiger partial charge on any atom is -0.398 e. The Hall–Kier alpha value is -1.66. The van der Waals surface area contributed by atoms with Gasteiger partial charge in [-0.1, -0.05) is 23.4 Å². The number of hydrogen-bond donors (Lipinski definition) is 0. The third-order valence-electron chi connectivity index (χ3n) is 4.07. The van der Waals surface area contributed by atoms with Crippen LogP contribution in [0.2, 0.25) is 0 Å². The molecule has 1 aliphatic rings. The summed E-state index contributed by atoms with van der Waals surface area (Å²) in [6.45, 7) is 8.13. The van der Waals surface area contributed by atoms with Crippen molar-refractivity contribution >= 4 is 12.7 Å². The molecule has 1 aromatic heterocycles. The summed E-state index contributed by atoms with van der Waals surface area (Å²) in [4.78, 5) is 0. The zero-order valence-corrected chi connectivity index (χ0v) is 12.2. The van der Waals surface area contributed by atoms with Crippen LogP contribution in [0.3, 0.4) is 0 Å². The summed E-state index contributed by atoms with van der Waals surface area (Å²) in [5.41, 5.74) is 0.997. The first-order valence-electron chi connectivity index (χ1n) is 6.72. The molecule has 0 aliphatic carbocycles. The largest absolute Gasteiger partial charge is 0.516 e. The van der Waals surface area contributed by atoms with Crippen molar-refractivity contribution in [2.75, 3.05) is 0 Å². The van der Waals surface area contributed by atoms with E-state index in [4.69, 9.17) is 9.31 Å². The molecule has 6 heteroatoms. The van der Waals surface area contributed by atoms with Crippen molar-refractivity contribution in [3.8, 4) is 5.69 Å². The van der Waals surface area contributed by atoms with Crippen molar-refractivity contribution in [2.24, 2.45) is 0 Å². The molecular formula is C14H18BN3O2. The number of hydrogen-bond acceptors (Lipinski definition) is 4. The lowest BCUT2D eigenvalue weighted by atomic mass is 9.85. The second kappa shape index (κ2) is 4.43. The zero-order valence-electron chi connectivity index (χ0n) is 12.2. The average molecular weight is 271 g/mol. The minimum atomic E-state index is -0.463. The number of rotatable bonds is 2. The lowest BCUT2D eigenvalue weighted by molar-refractivity contribution is 0.00578. The standard InChI is InChI=1S/C14H18BN3O2/c1-13(2)14(3,4)20-15(19-13)12-10-16-17-18(12)11-8-6-5-7-9-11/h5-10H,1-4H3. The monoisotopic (exact) mass is 271 g/mol. The first-order valence-corrected chi connectivity index (χ1v) is 6.72. The Morgan fingerprint density at radius 3 is 2.20 bits per heavy atom. The lowest BCUT2D eigenvalue weighted by Crippen LogP contribution is -2.41. The van der Waals surface area contributed by atoms with Crippen molar-refractivity contribution in [3.63, 3.8) is 0 Å². The van der Waals surface area contributed by atoms with Crippen LogP contribution in [-0.4, -0.2) is 33.3 Å². The van der Waals surface area contributed by atoms with Gasteiger partial charge in [-0.3, -0.25) is 0 Å². The van der Waals surface area contributed by atoms with Crippen LogP contribution in [-0.2, 0) is 9.31 Å². The quantitative estimate of drug-likeness (QED) is 0.778. The van der Waals surface area contributed by atoms with E-state index < -0.39 is 7.12 Å². The number of para-hydroxylation sites is 1. The molecule has 3 rings (SSSR count). The Bertz CT molecular complexity index is 594. The van der Waals surface area contributed by atoms with E-state index in [9.17, 15) is 0 Å². The minimum absolute atomic E-state index is 0.372. The van der Waals surface area contributed by atoms with Gasteiger partial charge in [0.2, 0.25) is 0 Å². The normalized spacial score (nSPS) is 20.3. The second-order valence-corrected chi connectivity index (χ2v) is 5.99. The van der Waals surface area contributed by atoms with Gasteiger partial charge < -0.3 is 9.31 Å². The molecule has 0 spiro atoms. The Kier molecular flexibility index (Phi) is 2.95. The lowest BCUT2D eigenvalue weighted by Gasteiger charge is -2.32. The van der Waals surface area contributed by atoms with Crippen LogP contribution in [0.4, 0.5) is 0 Å². The van der Waals surface area contributed by atoms with Crippen LogP contribution >= 0.6 is 0 Å². The van der Waals surface area contributed by atoms with Gasteiger partial charge in [0.15, 0.2) is 0 Å². The molecule has 2 aromatic rings. The highest BCUT2D eigenvalue weighted by atomic mass is 16.7. The van der Waals surface area contributed by atoms with Crippen molar-refractivity contribution in [1.29, 1.82) is 0 Å². The third-order valence-corrected chi connectivity index (χ3v) is 4.07. The molecule has 0 atom stereocenters. The molecule has 0 radical (unpaired) electrons. The van der Waals surface area contributed by atoms with E-state index in [-0.39, 0.29) is 11.2 Å². The smallest absolute Gasteiger partial charge is 0.398 e. The third kappa shape index (κ3) is 2.05. The first-order chi connectivity index (χ1) is 9.41. The molecule has 0 bridgehead atoms. The van der Waals surface area contributed by atoms with Crippen LogP contribution in [0.5, 0.6) is 0 Å². The van der Waals surface area contributed by atoms with E-state index in [1.165, 1.54) is 0 Å². The maximum absolute atomic E-state index is 6.05. The van der Waals surface area contributed by atoms with E-state index in [2.05, 4.69) is 10.3 Å². The predicted molar refractivity (Wildman–Crippen MR) is 77.1 cm³/mol. The highest BCUT2D eigenvalue weighted by Crippen LogP contribution is 2.36. The summed E-state index contributed by atoms with van der Waals surface area (Å²) >= 11 is 0. The highest BCUT2D eigenvalue weighted by Gasteiger charge is 2.53. The van der Waals surface area contributed by atoms with E-state index in [1.807, 2.05) is 58.0 Å². The molecule has 0 amide bonds. The van der Waals surface area contributed by atoms with Gasteiger partial charge in [0.1, 0.15) is 0 Å². The van der Waals surface area contributed by atoms with Gasteiger partial charge in [0.25, 0.3) is 0 Å². The summed E-state index contributed by atoms with van der Waals surface area (Å²) in [5, 5.41) is 8.12. The summed E-state index contributed by atoms with van der Waals surface area (Å²) in [6, 6.07) is 9.85. The van der Waals surface area contributed by atoms with Crippen LogP contribution < -0.4 is 5.59 Å². The molecule has 1 saturated heterocycles. The van der Waals surface area contributed by atoms with E-state index in [1.54, 1.807) is 10.9 Å². The van der Waals surface area contributed by atoms with Gasteiger partial charge >= 0.3 is 7.12 Å². The second-order valence-electron chi connectivity index (χ2n) is 5.99. The molecule has 0 unspecified atom stereocenters. The van der Waals surface area contributed by atoms with E-state index in [0.717, 1.165) is 11.3 Å². The Morgan fingerprint density at radius 1 is 1.00 bits per heavy atom. The number of benzene rings is 1. The Balaban J connectivity index is 1.96. The van der Waals surface area contributed by atoms with Gasteiger partial charge in [-0.25, -0.2) is 4.68 Å².